The van der Waals surface area contributed by atoms with Gasteiger partial charge in [-0.1, -0.05) is 0 Å². The van der Waals surface area contributed by atoms with Crippen molar-refractivity contribution in [1.82, 2.24) is 0 Å². The summed E-state index contributed by atoms with van der Waals surface area (Å²) >= 11 is 0. The Bertz CT molecular complexity index is 191. The highest BCUT2D eigenvalue weighted by atomic mass is 17.6. The fourth-order valence-electron chi connectivity index (χ4n) is 0.656. The van der Waals surface area contributed by atoms with Gasteiger partial charge in [0.1, 0.15) is 0 Å². The third-order valence-electron chi connectivity index (χ3n) is 1.29. The zero-order chi connectivity index (χ0) is 6.82. The van der Waals surface area contributed by atoms with Crippen LogP contribution in [0.4, 0.5) is 0 Å². The van der Waals surface area contributed by atoms with E-state index in [0.717, 1.165) is 0 Å². The van der Waals surface area contributed by atoms with Crippen LogP contribution in [0.1, 0.15) is 0 Å². The Labute approximate surface area is 53.1 Å². The maximum atomic E-state index is 10.9. The first kappa shape index (κ1) is 5.13. The van der Waals surface area contributed by atoms with E-state index in [1.165, 1.54) is 0 Å². The normalized spacial score (nSPS) is 37.4. The molecule has 0 amide bonds. The average Bonchev–Trinajstić information content (AvgIpc) is 2.81. The quantitative estimate of drug-likeness (QED) is 0.313. The van der Waals surface area contributed by atoms with Crippen molar-refractivity contribution in [2.75, 3.05) is 0 Å². The number of ketones is 1. The maximum absolute atomic E-state index is 10.9. The minimum atomic E-state index is -1.71. The molecule has 0 saturated carbocycles. The van der Waals surface area contributed by atoms with Gasteiger partial charge in [0.25, 0.3) is 0 Å². The molecule has 7 nitrogen and oxygen atoms in total. The first-order chi connectivity index (χ1) is 4.78. The second kappa shape index (κ2) is 1.11. The van der Waals surface area contributed by atoms with Crippen LogP contribution < -0.4 is 0 Å². The van der Waals surface area contributed by atoms with E-state index in [9.17, 15) is 4.79 Å². The molecule has 0 bridgehead atoms. The van der Waals surface area contributed by atoms with Crippen LogP contribution in [-0.4, -0.2) is 17.7 Å². The van der Waals surface area contributed by atoms with Crippen molar-refractivity contribution in [2.45, 2.75) is 11.9 Å². The predicted molar refractivity (Wildman–Crippen MR) is 17.0 cm³/mol. The third kappa shape index (κ3) is 0.380. The predicted octanol–water partition coefficient (Wildman–Crippen LogP) is -1.25. The van der Waals surface area contributed by atoms with Crippen molar-refractivity contribution in [3.05, 3.63) is 0 Å². The van der Waals surface area contributed by atoms with E-state index < -0.39 is 17.7 Å². The topological polar surface area (TPSA) is 85.7 Å². The smallest absolute Gasteiger partial charge is 0.281 e. The highest BCUT2D eigenvalue weighted by Crippen LogP contribution is 2.50. The van der Waals surface area contributed by atoms with Crippen LogP contribution in [0.5, 0.6) is 0 Å². The lowest BCUT2D eigenvalue weighted by molar-refractivity contribution is -0.355. The molecule has 3 heterocycles. The monoisotopic (exact) mass is 148 g/mol. The first-order valence-corrected chi connectivity index (χ1v) is 2.43. The number of hydrogen-bond donors (Lipinski definition) is 0. The molecule has 0 atom stereocenters. The van der Waals surface area contributed by atoms with Crippen molar-refractivity contribution in [3.8, 4) is 0 Å². The molecule has 3 saturated heterocycles. The molecule has 3 aliphatic rings. The highest BCUT2D eigenvalue weighted by Gasteiger charge is 2.82. The Hall–Kier alpha value is -0.570. The molecule has 3 rings (SSSR count). The van der Waals surface area contributed by atoms with Gasteiger partial charge in [0.05, 0.1) is 0 Å². The minimum absolute atomic E-state index is 0.681. The fraction of sp³-hybridized carbons (Fsp3) is 0.667. The van der Waals surface area contributed by atoms with Crippen LogP contribution in [0.15, 0.2) is 0 Å². The number of hydrogen-bond acceptors (Lipinski definition) is 7. The van der Waals surface area contributed by atoms with Crippen molar-refractivity contribution in [1.29, 1.82) is 0 Å². The van der Waals surface area contributed by atoms with Crippen LogP contribution in [0.25, 0.3) is 0 Å². The Kier molecular flexibility index (Phi) is 0.572. The Morgan fingerprint density at radius 3 is 1.30 bits per heavy atom. The van der Waals surface area contributed by atoms with Gasteiger partial charge in [-0.15, -0.1) is 0 Å². The average molecular weight is 148 g/mol. The largest absolute Gasteiger partial charge is 0.434 e. The van der Waals surface area contributed by atoms with E-state index in [1.807, 2.05) is 0 Å². The summed E-state index contributed by atoms with van der Waals surface area (Å²) in [6, 6.07) is 0. The summed E-state index contributed by atoms with van der Waals surface area (Å²) in [4.78, 5) is 36.3. The van der Waals surface area contributed by atoms with Crippen molar-refractivity contribution in [3.63, 3.8) is 0 Å². The van der Waals surface area contributed by atoms with E-state index in [0.29, 0.717) is 0 Å². The summed E-state index contributed by atoms with van der Waals surface area (Å²) in [7, 11) is 0. The van der Waals surface area contributed by atoms with Crippen molar-refractivity contribution in [2.24, 2.45) is 0 Å². The molecule has 10 heavy (non-hydrogen) atoms. The van der Waals surface area contributed by atoms with Gasteiger partial charge in [-0.3, -0.25) is 4.79 Å². The molecule has 3 fully saturated rings. The molecule has 3 aliphatic heterocycles. The van der Waals surface area contributed by atoms with Gasteiger partial charge in [-0.05, 0) is 0 Å². The summed E-state index contributed by atoms with van der Waals surface area (Å²) in [5.41, 5.74) is 0. The van der Waals surface area contributed by atoms with Crippen LogP contribution in [0.3, 0.4) is 0 Å². The SMILES string of the molecule is O=C1C2(OO2)OOC12OO2. The number of Topliss-reactive ketones (excluding diaryl/α,β-unsaturated/α-hetero) is 1. The lowest BCUT2D eigenvalue weighted by Gasteiger charge is -1.82. The molecule has 0 radical (unpaired) electrons. The molecule has 0 aromatic heterocycles. The number of carbonyl (C=O) groups is 1. The van der Waals surface area contributed by atoms with E-state index in [4.69, 9.17) is 0 Å². The second-order valence-corrected chi connectivity index (χ2v) is 1.94. The summed E-state index contributed by atoms with van der Waals surface area (Å²) < 4.78 is 0. The molecule has 0 aromatic rings. The van der Waals surface area contributed by atoms with Gasteiger partial charge in [0.2, 0.25) is 0 Å². The summed E-state index contributed by atoms with van der Waals surface area (Å²) in [6.45, 7) is 0. The van der Waals surface area contributed by atoms with E-state index in [-0.39, 0.29) is 0 Å². The maximum Gasteiger partial charge on any atom is 0.434 e. The van der Waals surface area contributed by atoms with E-state index in [1.54, 1.807) is 0 Å². The molecule has 0 N–H and O–H groups in total. The zero-order valence-electron chi connectivity index (χ0n) is 4.36. The first-order valence-electron chi connectivity index (χ1n) is 2.43. The van der Waals surface area contributed by atoms with Gasteiger partial charge < -0.3 is 0 Å². The lowest BCUT2D eigenvalue weighted by atomic mass is 10.3. The second-order valence-electron chi connectivity index (χ2n) is 1.94. The van der Waals surface area contributed by atoms with E-state index in [2.05, 4.69) is 29.3 Å². The van der Waals surface area contributed by atoms with Crippen LogP contribution in [0, 0.1) is 0 Å². The Morgan fingerprint density at radius 2 is 1.10 bits per heavy atom. The van der Waals surface area contributed by atoms with Gasteiger partial charge >= 0.3 is 17.7 Å². The van der Waals surface area contributed by atoms with Crippen LogP contribution in [-0.2, 0) is 34.1 Å². The highest BCUT2D eigenvalue weighted by molar-refractivity contribution is 5.92. The Balaban J connectivity index is 2.01. The van der Waals surface area contributed by atoms with Gasteiger partial charge in [0.15, 0.2) is 0 Å². The Morgan fingerprint density at radius 1 is 0.800 bits per heavy atom. The molecular weight excluding hydrogens is 148 g/mol. The standard InChI is InChI=1S/C3O7/c4-1-2(5-6-2)9-10-3(1)7-8-3. The third-order valence-corrected chi connectivity index (χ3v) is 1.29. The molecular formula is C3O7. The molecule has 0 unspecified atom stereocenters. The van der Waals surface area contributed by atoms with Gasteiger partial charge in [0, 0.05) is 0 Å². The molecule has 0 aromatic carbocycles. The van der Waals surface area contributed by atoms with Crippen molar-refractivity contribution >= 4 is 5.78 Å². The van der Waals surface area contributed by atoms with Crippen LogP contribution in [0.2, 0.25) is 0 Å². The lowest BCUT2D eigenvalue weighted by Crippen LogP contribution is -2.27. The summed E-state index contributed by atoms with van der Waals surface area (Å²) in [5, 5.41) is 0. The zero-order valence-corrected chi connectivity index (χ0v) is 4.36. The minimum Gasteiger partial charge on any atom is -0.281 e. The summed E-state index contributed by atoms with van der Waals surface area (Å²) in [6.07, 6.45) is 0. The number of rotatable bonds is 0. The fourth-order valence-corrected chi connectivity index (χ4v) is 0.656. The van der Waals surface area contributed by atoms with Crippen LogP contribution >= 0.6 is 0 Å². The summed E-state index contributed by atoms with van der Waals surface area (Å²) in [5.74, 6) is -4.10. The van der Waals surface area contributed by atoms with Gasteiger partial charge in [-0.25, -0.2) is 0 Å². The molecule has 2 spiro atoms. The van der Waals surface area contributed by atoms with Gasteiger partial charge in [-0.2, -0.15) is 29.3 Å². The van der Waals surface area contributed by atoms with Crippen molar-refractivity contribution < 1.29 is 34.1 Å². The molecule has 54 valence electrons. The van der Waals surface area contributed by atoms with E-state index >= 15 is 0 Å². The molecule has 0 aliphatic carbocycles. The molecule has 7 heteroatoms. The number of carbonyl (C=O) groups excluding carboxylic acids is 1.